The number of carbonyl (C=O) groups is 3. The molecule has 3 heterocycles. The number of hydrogen-bond donors (Lipinski definition) is 1. The number of imide groups is 1. The average molecular weight is 542 g/mol. The minimum atomic E-state index is -0.645. The van der Waals surface area contributed by atoms with Crippen molar-refractivity contribution in [3.05, 3.63) is 94.8 Å². The van der Waals surface area contributed by atoms with Gasteiger partial charge in [0.25, 0.3) is 5.91 Å². The van der Waals surface area contributed by atoms with Crippen LogP contribution in [-0.4, -0.2) is 41.8 Å². The summed E-state index contributed by atoms with van der Waals surface area (Å²) in [6.07, 6.45) is 3.81. The Morgan fingerprint density at radius 2 is 1.60 bits per heavy atom. The van der Waals surface area contributed by atoms with Crippen LogP contribution >= 0.6 is 0 Å². The lowest BCUT2D eigenvalue weighted by atomic mass is 9.89. The molecule has 3 amide bonds. The number of nitrogens with one attached hydrogen (secondary N) is 1. The summed E-state index contributed by atoms with van der Waals surface area (Å²) >= 11 is 0. The number of fused-ring (bicyclic) bond motifs is 1. The smallest absolute Gasteiger partial charge is 0.255 e. The number of halogens is 1. The zero-order chi connectivity index (χ0) is 27.6. The summed E-state index contributed by atoms with van der Waals surface area (Å²) in [6.45, 7) is 2.62. The Hall–Kier alpha value is -4.20. The van der Waals surface area contributed by atoms with Crippen molar-refractivity contribution in [3.8, 4) is 5.75 Å². The fraction of sp³-hybridized carbons (Fsp3) is 0.344. The van der Waals surface area contributed by atoms with E-state index >= 15 is 0 Å². The van der Waals surface area contributed by atoms with Gasteiger partial charge in [0.1, 0.15) is 24.2 Å². The van der Waals surface area contributed by atoms with Gasteiger partial charge in [0.2, 0.25) is 11.8 Å². The van der Waals surface area contributed by atoms with Crippen LogP contribution in [0.5, 0.6) is 5.75 Å². The van der Waals surface area contributed by atoms with Gasteiger partial charge in [0.15, 0.2) is 0 Å². The van der Waals surface area contributed by atoms with Crippen molar-refractivity contribution in [1.82, 2.24) is 10.2 Å². The van der Waals surface area contributed by atoms with E-state index in [2.05, 4.69) is 34.5 Å². The first-order chi connectivity index (χ1) is 19.4. The summed E-state index contributed by atoms with van der Waals surface area (Å²) in [6, 6.07) is 20.0. The predicted molar refractivity (Wildman–Crippen MR) is 148 cm³/mol. The molecule has 0 aromatic heterocycles. The fourth-order valence-electron chi connectivity index (χ4n) is 6.01. The summed E-state index contributed by atoms with van der Waals surface area (Å²) in [5, 5.41) is 2.34. The molecular weight excluding hydrogens is 509 g/mol. The SMILES string of the molecule is O=C1CC[C@H](N2Cc3c(OCc4ccc(CC5CCN(c6ccc(F)cc6)CC5)cc4)cccc3C2=O)C(=O)N1. The molecule has 7 nitrogen and oxygen atoms in total. The summed E-state index contributed by atoms with van der Waals surface area (Å²) in [5.74, 6) is 0.133. The molecule has 0 bridgehead atoms. The zero-order valence-corrected chi connectivity index (χ0v) is 22.3. The molecule has 2 fully saturated rings. The molecule has 0 saturated carbocycles. The number of anilines is 1. The highest BCUT2D eigenvalue weighted by Crippen LogP contribution is 2.34. The van der Waals surface area contributed by atoms with Crippen molar-refractivity contribution < 1.29 is 23.5 Å². The maximum atomic E-state index is 13.2. The largest absolute Gasteiger partial charge is 0.489 e. The van der Waals surface area contributed by atoms with Gasteiger partial charge in [-0.3, -0.25) is 19.7 Å². The summed E-state index contributed by atoms with van der Waals surface area (Å²) < 4.78 is 19.4. The third-order valence-corrected chi connectivity index (χ3v) is 8.29. The van der Waals surface area contributed by atoms with Gasteiger partial charge < -0.3 is 14.5 Å². The Morgan fingerprint density at radius 3 is 2.33 bits per heavy atom. The lowest BCUT2D eigenvalue weighted by molar-refractivity contribution is -0.136. The second-order valence-corrected chi connectivity index (χ2v) is 10.9. The minimum absolute atomic E-state index is 0.202. The second-order valence-electron chi connectivity index (χ2n) is 10.9. The highest BCUT2D eigenvalue weighted by Gasteiger charge is 2.40. The molecule has 3 aromatic carbocycles. The van der Waals surface area contributed by atoms with Gasteiger partial charge >= 0.3 is 0 Å². The number of piperidine rings is 2. The first-order valence-electron chi connectivity index (χ1n) is 13.9. The Balaban J connectivity index is 1.03. The van der Waals surface area contributed by atoms with Gasteiger partial charge in [0, 0.05) is 36.3 Å². The van der Waals surface area contributed by atoms with Crippen molar-refractivity contribution in [2.24, 2.45) is 5.92 Å². The molecule has 2 saturated heterocycles. The van der Waals surface area contributed by atoms with Gasteiger partial charge in [-0.2, -0.15) is 0 Å². The van der Waals surface area contributed by atoms with Crippen LogP contribution in [0.25, 0.3) is 0 Å². The Labute approximate surface area is 232 Å². The maximum Gasteiger partial charge on any atom is 0.255 e. The average Bonchev–Trinajstić information content (AvgIpc) is 3.30. The summed E-state index contributed by atoms with van der Waals surface area (Å²) in [4.78, 5) is 40.8. The van der Waals surface area contributed by atoms with Gasteiger partial charge in [0.05, 0.1) is 6.54 Å². The lowest BCUT2D eigenvalue weighted by Crippen LogP contribution is -2.52. The molecule has 206 valence electrons. The predicted octanol–water partition coefficient (Wildman–Crippen LogP) is 4.62. The summed E-state index contributed by atoms with van der Waals surface area (Å²) in [7, 11) is 0. The molecule has 1 atom stereocenters. The van der Waals surface area contributed by atoms with E-state index in [0.29, 0.717) is 30.3 Å². The van der Waals surface area contributed by atoms with E-state index in [0.717, 1.165) is 49.2 Å². The molecule has 40 heavy (non-hydrogen) atoms. The van der Waals surface area contributed by atoms with Crippen LogP contribution in [0.3, 0.4) is 0 Å². The van der Waals surface area contributed by atoms with Crippen LogP contribution in [0.2, 0.25) is 0 Å². The minimum Gasteiger partial charge on any atom is -0.489 e. The first-order valence-corrected chi connectivity index (χ1v) is 13.9. The van der Waals surface area contributed by atoms with E-state index in [1.54, 1.807) is 12.1 Å². The third-order valence-electron chi connectivity index (χ3n) is 8.29. The van der Waals surface area contributed by atoms with E-state index in [9.17, 15) is 18.8 Å². The monoisotopic (exact) mass is 541 g/mol. The van der Waals surface area contributed by atoms with E-state index < -0.39 is 11.9 Å². The Morgan fingerprint density at radius 1 is 0.875 bits per heavy atom. The molecule has 6 rings (SSSR count). The molecule has 1 N–H and O–H groups in total. The number of benzene rings is 3. The molecule has 0 aliphatic carbocycles. The second kappa shape index (κ2) is 11.1. The standard InChI is InChI=1S/C32H32FN3O4/c33-24-8-10-25(11-9-24)35-16-14-22(15-17-35)18-21-4-6-23(7-5-21)20-40-29-3-1-2-26-27(29)19-36(32(26)39)28-12-13-30(37)34-31(28)38/h1-11,22,28H,12-20H2,(H,34,37,38)/t28-/m0/s1. The van der Waals surface area contributed by atoms with E-state index in [1.807, 2.05) is 18.2 Å². The molecule has 0 spiro atoms. The van der Waals surface area contributed by atoms with Crippen LogP contribution in [-0.2, 0) is 29.2 Å². The van der Waals surface area contributed by atoms with E-state index in [-0.39, 0.29) is 30.6 Å². The molecule has 3 aliphatic rings. The number of carbonyl (C=O) groups excluding carboxylic acids is 3. The third kappa shape index (κ3) is 5.43. The molecular formula is C32H32FN3O4. The Kier molecular flexibility index (Phi) is 7.24. The highest BCUT2D eigenvalue weighted by atomic mass is 19.1. The van der Waals surface area contributed by atoms with Crippen LogP contribution in [0.1, 0.15) is 52.7 Å². The number of nitrogens with zero attached hydrogens (tertiary/aromatic N) is 2. The number of amides is 3. The molecule has 3 aliphatic heterocycles. The number of hydrogen-bond acceptors (Lipinski definition) is 5. The van der Waals surface area contributed by atoms with Crippen LogP contribution in [0, 0.1) is 11.7 Å². The highest BCUT2D eigenvalue weighted by molar-refractivity contribution is 6.05. The van der Waals surface area contributed by atoms with Crippen molar-refractivity contribution in [2.45, 2.75) is 51.3 Å². The quantitative estimate of drug-likeness (QED) is 0.442. The van der Waals surface area contributed by atoms with Crippen molar-refractivity contribution in [2.75, 3.05) is 18.0 Å². The normalized spacial score (nSPS) is 19.5. The Bertz CT molecular complexity index is 1420. The van der Waals surface area contributed by atoms with Gasteiger partial charge in [-0.25, -0.2) is 4.39 Å². The van der Waals surface area contributed by atoms with Crippen LogP contribution in [0.15, 0.2) is 66.7 Å². The van der Waals surface area contributed by atoms with Gasteiger partial charge in [-0.05, 0) is 79.1 Å². The van der Waals surface area contributed by atoms with E-state index in [4.69, 9.17) is 4.74 Å². The van der Waals surface area contributed by atoms with Crippen molar-refractivity contribution in [1.29, 1.82) is 0 Å². The van der Waals surface area contributed by atoms with Gasteiger partial charge in [-0.15, -0.1) is 0 Å². The van der Waals surface area contributed by atoms with Crippen molar-refractivity contribution >= 4 is 23.4 Å². The molecule has 0 radical (unpaired) electrons. The van der Waals surface area contributed by atoms with E-state index in [1.165, 1.54) is 22.6 Å². The van der Waals surface area contributed by atoms with Crippen LogP contribution in [0.4, 0.5) is 10.1 Å². The van der Waals surface area contributed by atoms with Gasteiger partial charge in [-0.1, -0.05) is 30.3 Å². The first kappa shape index (κ1) is 26.0. The summed E-state index contributed by atoms with van der Waals surface area (Å²) in [5.41, 5.74) is 4.75. The lowest BCUT2D eigenvalue weighted by Gasteiger charge is -2.33. The van der Waals surface area contributed by atoms with Crippen molar-refractivity contribution in [3.63, 3.8) is 0 Å². The number of rotatable bonds is 7. The fourth-order valence-corrected chi connectivity index (χ4v) is 6.01. The molecule has 0 unspecified atom stereocenters. The van der Waals surface area contributed by atoms with Crippen LogP contribution < -0.4 is 15.0 Å². The zero-order valence-electron chi connectivity index (χ0n) is 22.3. The molecule has 3 aromatic rings. The number of ether oxygens (including phenoxy) is 1. The maximum absolute atomic E-state index is 13.2. The topological polar surface area (TPSA) is 79.0 Å². The molecule has 8 heteroatoms.